The second kappa shape index (κ2) is 11.7. The molecule has 2 heterocycles. The van der Waals surface area contributed by atoms with E-state index in [1.54, 1.807) is 38.3 Å². The van der Waals surface area contributed by atoms with Crippen molar-refractivity contribution in [1.82, 2.24) is 14.6 Å². The number of carbonyl (C=O) groups excluding carboxylic acids is 1. The summed E-state index contributed by atoms with van der Waals surface area (Å²) in [5.41, 5.74) is -2.14. The van der Waals surface area contributed by atoms with Crippen LogP contribution in [-0.2, 0) is 27.2 Å². The van der Waals surface area contributed by atoms with E-state index in [4.69, 9.17) is 4.74 Å². The summed E-state index contributed by atoms with van der Waals surface area (Å²) >= 11 is 0. The number of rotatable bonds is 7. The lowest BCUT2D eigenvalue weighted by molar-refractivity contribution is -0.139. The molecular weight excluding hydrogens is 558 g/mol. The van der Waals surface area contributed by atoms with E-state index < -0.39 is 37.6 Å². The molecule has 2 N–H and O–H groups in total. The fourth-order valence-corrected chi connectivity index (χ4v) is 7.71. The summed E-state index contributed by atoms with van der Waals surface area (Å²) in [5, 5.41) is 3.01. The van der Waals surface area contributed by atoms with Gasteiger partial charge in [-0.05, 0) is 83.0 Å². The molecule has 1 amide bonds. The van der Waals surface area contributed by atoms with Crippen molar-refractivity contribution in [2.45, 2.75) is 108 Å². The van der Waals surface area contributed by atoms with Crippen molar-refractivity contribution in [2.24, 2.45) is 0 Å². The topological polar surface area (TPSA) is 72.4 Å². The number of alkyl halides is 4. The second-order valence-corrected chi connectivity index (χ2v) is 14.4. The molecule has 2 fully saturated rings. The van der Waals surface area contributed by atoms with E-state index in [1.165, 1.54) is 12.1 Å². The molecule has 2 aromatic rings. The average molecular weight is 600 g/mol. The van der Waals surface area contributed by atoms with Crippen molar-refractivity contribution >= 4 is 21.5 Å². The maximum absolute atomic E-state index is 16.0. The summed E-state index contributed by atoms with van der Waals surface area (Å²) in [4.78, 5) is 12.9. The van der Waals surface area contributed by atoms with E-state index in [9.17, 15) is 22.2 Å². The molecule has 41 heavy (non-hydrogen) atoms. The zero-order valence-electron chi connectivity index (χ0n) is 24.3. The highest BCUT2D eigenvalue weighted by Gasteiger charge is 2.38. The van der Waals surface area contributed by atoms with Crippen molar-refractivity contribution in [1.29, 1.82) is 0 Å². The third kappa shape index (κ3) is 7.53. The third-order valence-corrected chi connectivity index (χ3v) is 9.77. The van der Waals surface area contributed by atoms with Gasteiger partial charge in [-0.1, -0.05) is 25.3 Å². The number of halogens is 4. The Bertz CT molecular complexity index is 1360. The quantitative estimate of drug-likeness (QED) is 0.284. The van der Waals surface area contributed by atoms with Crippen LogP contribution in [0.15, 0.2) is 29.2 Å². The first-order chi connectivity index (χ1) is 19.0. The molecule has 1 aromatic heterocycles. The number of hydrogen-bond acceptors (Lipinski definition) is 3. The van der Waals surface area contributed by atoms with E-state index in [1.807, 2.05) is 0 Å². The van der Waals surface area contributed by atoms with Crippen molar-refractivity contribution < 1.29 is 31.3 Å². The van der Waals surface area contributed by atoms with Gasteiger partial charge in [0.2, 0.25) is 0 Å². The number of aromatic nitrogens is 1. The summed E-state index contributed by atoms with van der Waals surface area (Å²) < 4.78 is 82.3. The molecule has 0 radical (unpaired) electrons. The Labute approximate surface area is 240 Å². The molecule has 0 bridgehead atoms. The number of nitrogens with one attached hydrogen (secondary N) is 2. The number of nitrogens with zero attached hydrogens (tertiary/aromatic N) is 1. The number of carbonyl (C=O) groups is 1. The Hall–Kier alpha value is -2.37. The van der Waals surface area contributed by atoms with Gasteiger partial charge in [-0.25, -0.2) is 13.3 Å². The molecule has 11 heteroatoms. The minimum atomic E-state index is -4.83. The fraction of sp³-hybridized carbons (Fsp3) is 0.600. The second-order valence-electron chi connectivity index (χ2n) is 12.4. The minimum absolute atomic E-state index is 0.0700. The number of amides is 1. The van der Waals surface area contributed by atoms with Gasteiger partial charge in [0.05, 0.1) is 32.3 Å². The first kappa shape index (κ1) is 31.6. The van der Waals surface area contributed by atoms with Gasteiger partial charge < -0.3 is 14.6 Å². The van der Waals surface area contributed by atoms with Gasteiger partial charge in [0, 0.05) is 36.2 Å². The van der Waals surface area contributed by atoms with Gasteiger partial charge in [-0.3, -0.25) is 4.79 Å². The highest BCUT2D eigenvalue weighted by Crippen LogP contribution is 2.40. The van der Waals surface area contributed by atoms with Gasteiger partial charge in [0.1, 0.15) is 5.67 Å². The lowest BCUT2D eigenvalue weighted by atomic mass is 9.86. The molecule has 1 saturated carbocycles. The number of hydrogen-bond donors (Lipinski definition) is 2. The minimum Gasteiger partial charge on any atom is -0.381 e. The summed E-state index contributed by atoms with van der Waals surface area (Å²) in [7, 11) is -3.52. The van der Waals surface area contributed by atoms with Gasteiger partial charge in [0.15, 0.2) is 0 Å². The average Bonchev–Trinajstić information content (AvgIpc) is 3.18. The van der Waals surface area contributed by atoms with Crippen LogP contribution < -0.4 is 10.0 Å². The molecule has 1 atom stereocenters. The Morgan fingerprint density at radius 2 is 1.76 bits per heavy atom. The van der Waals surface area contributed by atoms with E-state index in [0.717, 1.165) is 25.3 Å². The first-order valence-electron chi connectivity index (χ1n) is 14.1. The molecule has 0 spiro atoms. The number of benzene rings is 1. The Balaban J connectivity index is 1.82. The van der Waals surface area contributed by atoms with Crippen LogP contribution in [0, 0.1) is 6.92 Å². The lowest BCUT2D eigenvalue weighted by Gasteiger charge is -2.31. The molecule has 1 aliphatic carbocycles. The SMILES string of the molecule is C=S(=O)(NC(C)(C)C)c1ccc(-c2cc(C(=O)NC3CCOCC3)c(C)n2CC2(F)CCCCC2)cc1C(F)(F)F. The van der Waals surface area contributed by atoms with Gasteiger partial charge in [0.25, 0.3) is 5.91 Å². The summed E-state index contributed by atoms with van der Waals surface area (Å²) in [6.07, 6.45) is -0.407. The first-order valence-corrected chi connectivity index (χ1v) is 15.9. The summed E-state index contributed by atoms with van der Waals surface area (Å²) in [6.45, 7) is 7.78. The third-order valence-electron chi connectivity index (χ3n) is 7.77. The van der Waals surface area contributed by atoms with Crippen molar-refractivity contribution in [3.05, 3.63) is 41.1 Å². The van der Waals surface area contributed by atoms with E-state index in [0.29, 0.717) is 55.8 Å². The maximum atomic E-state index is 16.0. The molecule has 6 nitrogen and oxygen atoms in total. The van der Waals surface area contributed by atoms with E-state index >= 15 is 4.39 Å². The molecule has 228 valence electrons. The van der Waals surface area contributed by atoms with Crippen LogP contribution in [0.1, 0.15) is 87.3 Å². The molecule has 1 saturated heterocycles. The van der Waals surface area contributed by atoms with Crippen molar-refractivity contribution in [3.63, 3.8) is 0 Å². The molecular formula is C30H41F4N3O3S. The van der Waals surface area contributed by atoms with Crippen molar-refractivity contribution in [3.8, 4) is 11.3 Å². The van der Waals surface area contributed by atoms with Crippen LogP contribution in [0.5, 0.6) is 0 Å². The predicted molar refractivity (Wildman–Crippen MR) is 154 cm³/mol. The van der Waals surface area contributed by atoms with Crippen molar-refractivity contribution in [2.75, 3.05) is 13.2 Å². The highest BCUT2D eigenvalue weighted by molar-refractivity contribution is 7.98. The monoisotopic (exact) mass is 599 g/mol. The lowest BCUT2D eigenvalue weighted by Crippen LogP contribution is -2.41. The van der Waals surface area contributed by atoms with E-state index in [-0.39, 0.29) is 24.1 Å². The molecule has 1 unspecified atom stereocenters. The molecule has 2 aliphatic rings. The Kier molecular flexibility index (Phi) is 9.02. The molecule has 1 aliphatic heterocycles. The highest BCUT2D eigenvalue weighted by atomic mass is 32.2. The Morgan fingerprint density at radius 3 is 2.34 bits per heavy atom. The maximum Gasteiger partial charge on any atom is 0.417 e. The largest absolute Gasteiger partial charge is 0.417 e. The van der Waals surface area contributed by atoms with Crippen LogP contribution in [0.3, 0.4) is 0 Å². The summed E-state index contributed by atoms with van der Waals surface area (Å²) in [6, 6.07) is 5.01. The van der Waals surface area contributed by atoms with Crippen LogP contribution in [0.2, 0.25) is 0 Å². The van der Waals surface area contributed by atoms with Gasteiger partial charge >= 0.3 is 6.18 Å². The predicted octanol–water partition coefficient (Wildman–Crippen LogP) is 6.44. The standard InChI is InChI=1S/C30H41F4N3O3S/c1-20-23(27(38)35-22-11-15-40-16-12-22)18-25(37(20)19-29(31)13-7-6-8-14-29)21-9-10-26(24(17-21)30(32,33)34)41(5,39)36-28(2,3)4/h9-10,17-18,22H,5-8,11-16,19H2,1-4H3,(H,35,38)(H,36,39). The normalized spacial score (nSPS) is 20.0. The van der Waals surface area contributed by atoms with Crippen LogP contribution in [0.25, 0.3) is 11.3 Å². The van der Waals surface area contributed by atoms with E-state index in [2.05, 4.69) is 15.9 Å². The number of ether oxygens (including phenoxy) is 1. The summed E-state index contributed by atoms with van der Waals surface area (Å²) in [5.74, 6) is 3.25. The van der Waals surface area contributed by atoms with Crippen LogP contribution in [-0.4, -0.2) is 51.0 Å². The smallest absolute Gasteiger partial charge is 0.381 e. The molecule has 4 rings (SSSR count). The van der Waals surface area contributed by atoms with Crippen LogP contribution >= 0.6 is 0 Å². The zero-order chi connectivity index (χ0) is 30.2. The molecule has 1 aromatic carbocycles. The van der Waals surface area contributed by atoms with Gasteiger partial charge in [-0.15, -0.1) is 0 Å². The zero-order valence-corrected chi connectivity index (χ0v) is 25.1. The Morgan fingerprint density at radius 1 is 1.12 bits per heavy atom. The van der Waals surface area contributed by atoms with Crippen LogP contribution in [0.4, 0.5) is 17.6 Å². The fourth-order valence-electron chi connectivity index (χ4n) is 5.80. The van der Waals surface area contributed by atoms with Gasteiger partial charge in [-0.2, -0.15) is 13.2 Å².